The summed E-state index contributed by atoms with van der Waals surface area (Å²) in [5.41, 5.74) is 3.03. The number of hydrogen-bond donors (Lipinski definition) is 1. The van der Waals surface area contributed by atoms with E-state index in [-0.39, 0.29) is 0 Å². The molecule has 2 nitrogen and oxygen atoms in total. The summed E-state index contributed by atoms with van der Waals surface area (Å²) in [6, 6.07) is 8.58. The first-order chi connectivity index (χ1) is 9.40. The van der Waals surface area contributed by atoms with Crippen LogP contribution in [-0.2, 0) is 6.54 Å². The van der Waals surface area contributed by atoms with Gasteiger partial charge in [0, 0.05) is 34.2 Å². The van der Waals surface area contributed by atoms with E-state index < -0.39 is 0 Å². The highest BCUT2D eigenvalue weighted by atomic mass is 79.9. The molecule has 1 N–H and O–H groups in total. The zero-order chi connectivity index (χ0) is 14.8. The Labute approximate surface area is 130 Å². The van der Waals surface area contributed by atoms with Crippen LogP contribution in [0.4, 0.5) is 0 Å². The summed E-state index contributed by atoms with van der Waals surface area (Å²) >= 11 is 3.71. The van der Waals surface area contributed by atoms with Gasteiger partial charge in [0.25, 0.3) is 0 Å². The van der Waals surface area contributed by atoms with Gasteiger partial charge in [0.05, 0.1) is 0 Å². The van der Waals surface area contributed by atoms with Gasteiger partial charge in [0.1, 0.15) is 0 Å². The Hall–Kier alpha value is -0.800. The summed E-state index contributed by atoms with van der Waals surface area (Å²) < 4.78 is 3.62. The molecule has 0 fully saturated rings. The summed E-state index contributed by atoms with van der Waals surface area (Å²) in [7, 11) is 0. The number of para-hydroxylation sites is 1. The molecule has 0 atom stereocenters. The molecule has 0 unspecified atom stereocenters. The van der Waals surface area contributed by atoms with Crippen LogP contribution < -0.4 is 5.32 Å². The third kappa shape index (κ3) is 3.64. The Kier molecular flexibility index (Phi) is 4.92. The van der Waals surface area contributed by atoms with Crippen LogP contribution in [0.5, 0.6) is 0 Å². The van der Waals surface area contributed by atoms with Crippen molar-refractivity contribution >= 4 is 26.8 Å². The van der Waals surface area contributed by atoms with E-state index in [1.165, 1.54) is 27.5 Å². The van der Waals surface area contributed by atoms with Crippen molar-refractivity contribution in [3.8, 4) is 0 Å². The van der Waals surface area contributed by atoms with Crippen LogP contribution in [0.1, 0.15) is 32.9 Å². The van der Waals surface area contributed by atoms with Gasteiger partial charge < -0.3 is 9.88 Å². The largest absolute Gasteiger partial charge is 0.342 e. The molecule has 110 valence electrons. The molecule has 0 saturated carbocycles. The molecule has 0 aliphatic rings. The zero-order valence-corrected chi connectivity index (χ0v) is 14.5. The van der Waals surface area contributed by atoms with Gasteiger partial charge in [-0.1, -0.05) is 39.0 Å². The molecular formula is C17H25BrN2. The highest BCUT2D eigenvalue weighted by Crippen LogP contribution is 2.30. The van der Waals surface area contributed by atoms with Gasteiger partial charge >= 0.3 is 0 Å². The highest BCUT2D eigenvalue weighted by Gasteiger charge is 2.11. The topological polar surface area (TPSA) is 17.0 Å². The van der Waals surface area contributed by atoms with E-state index in [1.807, 2.05) is 0 Å². The third-order valence-electron chi connectivity index (χ3n) is 3.72. The summed E-state index contributed by atoms with van der Waals surface area (Å²) in [5, 5.41) is 4.86. The monoisotopic (exact) mass is 336 g/mol. The molecule has 2 rings (SSSR count). The Morgan fingerprint density at radius 3 is 2.55 bits per heavy atom. The SMILES string of the molecule is Cc1c(Br)c2ccccc2n1CCNCCC(C)(C)C. The molecule has 0 amide bonds. The average Bonchev–Trinajstić information content (AvgIpc) is 2.62. The molecular weight excluding hydrogens is 312 g/mol. The second-order valence-corrected chi connectivity index (χ2v) is 7.42. The molecule has 2 aromatic rings. The van der Waals surface area contributed by atoms with Crippen molar-refractivity contribution in [2.24, 2.45) is 5.41 Å². The Morgan fingerprint density at radius 2 is 1.85 bits per heavy atom. The molecule has 0 aliphatic carbocycles. The van der Waals surface area contributed by atoms with Crippen LogP contribution in [-0.4, -0.2) is 17.7 Å². The molecule has 1 aromatic carbocycles. The second kappa shape index (κ2) is 6.31. The summed E-state index contributed by atoms with van der Waals surface area (Å²) in [4.78, 5) is 0. The fourth-order valence-corrected chi connectivity index (χ4v) is 3.01. The van der Waals surface area contributed by atoms with Crippen molar-refractivity contribution in [2.75, 3.05) is 13.1 Å². The van der Waals surface area contributed by atoms with Gasteiger partial charge in [0.15, 0.2) is 0 Å². The predicted octanol–water partition coefficient (Wildman–Crippen LogP) is 4.74. The van der Waals surface area contributed by atoms with Gasteiger partial charge in [-0.05, 0) is 47.3 Å². The molecule has 1 heterocycles. The number of aromatic nitrogens is 1. The molecule has 0 aliphatic heterocycles. The number of rotatable bonds is 5. The third-order valence-corrected chi connectivity index (χ3v) is 4.72. The van der Waals surface area contributed by atoms with Crippen molar-refractivity contribution in [3.05, 3.63) is 34.4 Å². The Bertz CT molecular complexity index is 578. The maximum Gasteiger partial charge on any atom is 0.0494 e. The zero-order valence-electron chi connectivity index (χ0n) is 13.0. The Balaban J connectivity index is 1.98. The number of benzene rings is 1. The van der Waals surface area contributed by atoms with E-state index in [2.05, 4.69) is 77.8 Å². The fourth-order valence-electron chi connectivity index (χ4n) is 2.46. The van der Waals surface area contributed by atoms with Crippen molar-refractivity contribution in [2.45, 2.75) is 40.7 Å². The first-order valence-electron chi connectivity index (χ1n) is 7.34. The number of nitrogens with zero attached hydrogens (tertiary/aromatic N) is 1. The van der Waals surface area contributed by atoms with Crippen molar-refractivity contribution in [3.63, 3.8) is 0 Å². The van der Waals surface area contributed by atoms with Crippen molar-refractivity contribution in [1.82, 2.24) is 9.88 Å². The van der Waals surface area contributed by atoms with E-state index in [1.54, 1.807) is 0 Å². The van der Waals surface area contributed by atoms with Gasteiger partial charge in [-0.2, -0.15) is 0 Å². The summed E-state index contributed by atoms with van der Waals surface area (Å²) in [6.07, 6.45) is 1.21. The number of fused-ring (bicyclic) bond motifs is 1. The number of hydrogen-bond acceptors (Lipinski definition) is 1. The maximum atomic E-state index is 3.71. The lowest BCUT2D eigenvalue weighted by atomic mass is 9.92. The van der Waals surface area contributed by atoms with Gasteiger partial charge in [-0.15, -0.1) is 0 Å². The molecule has 0 saturated heterocycles. The van der Waals surface area contributed by atoms with E-state index in [9.17, 15) is 0 Å². The normalized spacial score (nSPS) is 12.2. The summed E-state index contributed by atoms with van der Waals surface area (Å²) in [5.74, 6) is 0. The van der Waals surface area contributed by atoms with Crippen molar-refractivity contribution < 1.29 is 0 Å². The smallest absolute Gasteiger partial charge is 0.0494 e. The molecule has 0 spiro atoms. The van der Waals surface area contributed by atoms with Crippen LogP contribution >= 0.6 is 15.9 Å². The predicted molar refractivity (Wildman–Crippen MR) is 91.3 cm³/mol. The minimum Gasteiger partial charge on any atom is -0.342 e. The molecule has 0 bridgehead atoms. The first-order valence-corrected chi connectivity index (χ1v) is 8.13. The molecule has 20 heavy (non-hydrogen) atoms. The highest BCUT2D eigenvalue weighted by molar-refractivity contribution is 9.10. The Morgan fingerprint density at radius 1 is 1.15 bits per heavy atom. The van der Waals surface area contributed by atoms with Crippen LogP contribution in [0, 0.1) is 12.3 Å². The van der Waals surface area contributed by atoms with Crippen molar-refractivity contribution in [1.29, 1.82) is 0 Å². The lowest BCUT2D eigenvalue weighted by Gasteiger charge is -2.18. The minimum atomic E-state index is 0.409. The molecule has 0 radical (unpaired) electrons. The standard InChI is InChI=1S/C17H25BrN2/c1-13-16(18)14-7-5-6-8-15(14)20(13)12-11-19-10-9-17(2,3)4/h5-8,19H,9-12H2,1-4H3. The quantitative estimate of drug-likeness (QED) is 0.780. The summed E-state index contributed by atoms with van der Waals surface area (Å²) in [6.45, 7) is 12.2. The van der Waals surface area contributed by atoms with Crippen LogP contribution in [0.2, 0.25) is 0 Å². The van der Waals surface area contributed by atoms with Crippen LogP contribution in [0.15, 0.2) is 28.7 Å². The average molecular weight is 337 g/mol. The number of nitrogens with one attached hydrogen (secondary N) is 1. The van der Waals surface area contributed by atoms with Crippen LogP contribution in [0.25, 0.3) is 10.9 Å². The van der Waals surface area contributed by atoms with E-state index in [4.69, 9.17) is 0 Å². The minimum absolute atomic E-state index is 0.409. The second-order valence-electron chi connectivity index (χ2n) is 6.63. The molecule has 1 aromatic heterocycles. The van der Waals surface area contributed by atoms with Crippen LogP contribution in [0.3, 0.4) is 0 Å². The van der Waals surface area contributed by atoms with E-state index in [0.29, 0.717) is 5.41 Å². The van der Waals surface area contributed by atoms with E-state index >= 15 is 0 Å². The molecule has 3 heteroatoms. The van der Waals surface area contributed by atoms with Gasteiger partial charge in [-0.3, -0.25) is 0 Å². The fraction of sp³-hybridized carbons (Fsp3) is 0.529. The maximum absolute atomic E-state index is 3.71. The lowest BCUT2D eigenvalue weighted by molar-refractivity contribution is 0.365. The van der Waals surface area contributed by atoms with Gasteiger partial charge in [0.2, 0.25) is 0 Å². The first kappa shape index (κ1) is 15.6. The number of halogens is 1. The van der Waals surface area contributed by atoms with E-state index in [0.717, 1.165) is 19.6 Å². The lowest BCUT2D eigenvalue weighted by Crippen LogP contribution is -2.24. The van der Waals surface area contributed by atoms with Gasteiger partial charge in [-0.25, -0.2) is 0 Å².